The maximum absolute atomic E-state index is 10.9. The third-order valence-corrected chi connectivity index (χ3v) is 3.37. The largest absolute Gasteiger partial charge is 0.476 e. The SMILES string of the molecule is NC(=O)c1ccc(NCCc2nc(C(=O)O)cs2)nc1. The second-order valence-corrected chi connectivity index (χ2v) is 4.85. The number of carbonyl (C=O) groups excluding carboxylic acids is 1. The van der Waals surface area contributed by atoms with Crippen molar-refractivity contribution in [2.45, 2.75) is 6.42 Å². The van der Waals surface area contributed by atoms with Crippen molar-refractivity contribution in [2.24, 2.45) is 5.73 Å². The molecule has 0 aliphatic heterocycles. The van der Waals surface area contributed by atoms with E-state index in [9.17, 15) is 9.59 Å². The van der Waals surface area contributed by atoms with E-state index in [2.05, 4.69) is 15.3 Å². The number of carboxylic acid groups (broad SMARTS) is 1. The predicted molar refractivity (Wildman–Crippen MR) is 74.0 cm³/mol. The van der Waals surface area contributed by atoms with Gasteiger partial charge in [-0.1, -0.05) is 0 Å². The lowest BCUT2D eigenvalue weighted by Crippen LogP contribution is -2.12. The number of hydrogen-bond acceptors (Lipinski definition) is 6. The summed E-state index contributed by atoms with van der Waals surface area (Å²) in [5.74, 6) is -0.929. The van der Waals surface area contributed by atoms with Gasteiger partial charge in [-0.2, -0.15) is 0 Å². The number of amides is 1. The van der Waals surface area contributed by atoms with Gasteiger partial charge in [0.05, 0.1) is 10.6 Å². The van der Waals surface area contributed by atoms with Gasteiger partial charge in [-0.05, 0) is 12.1 Å². The second kappa shape index (κ2) is 6.11. The Labute approximate surface area is 118 Å². The molecule has 2 aromatic rings. The van der Waals surface area contributed by atoms with Gasteiger partial charge in [-0.3, -0.25) is 4.79 Å². The molecule has 7 nitrogen and oxygen atoms in total. The Bertz CT molecular complexity index is 624. The maximum Gasteiger partial charge on any atom is 0.355 e. The van der Waals surface area contributed by atoms with E-state index in [0.717, 1.165) is 5.01 Å². The summed E-state index contributed by atoms with van der Waals surface area (Å²) in [6, 6.07) is 3.24. The number of nitrogens with one attached hydrogen (secondary N) is 1. The van der Waals surface area contributed by atoms with E-state index in [-0.39, 0.29) is 5.69 Å². The highest BCUT2D eigenvalue weighted by Crippen LogP contribution is 2.11. The minimum atomic E-state index is -1.02. The highest BCUT2D eigenvalue weighted by Gasteiger charge is 2.08. The monoisotopic (exact) mass is 292 g/mol. The molecule has 0 aromatic carbocycles. The lowest BCUT2D eigenvalue weighted by molar-refractivity contribution is 0.0691. The summed E-state index contributed by atoms with van der Waals surface area (Å²) in [7, 11) is 0. The van der Waals surface area contributed by atoms with Crippen molar-refractivity contribution in [2.75, 3.05) is 11.9 Å². The molecule has 0 saturated heterocycles. The average Bonchev–Trinajstić information content (AvgIpc) is 2.88. The first kappa shape index (κ1) is 13.9. The average molecular weight is 292 g/mol. The number of primary amides is 1. The van der Waals surface area contributed by atoms with Gasteiger partial charge < -0.3 is 16.2 Å². The molecule has 1 amide bonds. The molecule has 104 valence electrons. The molecule has 2 aromatic heterocycles. The van der Waals surface area contributed by atoms with Crippen molar-refractivity contribution in [3.63, 3.8) is 0 Å². The van der Waals surface area contributed by atoms with E-state index in [1.807, 2.05) is 0 Å². The molecule has 0 fully saturated rings. The first-order chi connectivity index (χ1) is 9.56. The quantitative estimate of drug-likeness (QED) is 0.730. The first-order valence-electron chi connectivity index (χ1n) is 5.73. The molecule has 0 bridgehead atoms. The summed E-state index contributed by atoms with van der Waals surface area (Å²) in [5.41, 5.74) is 5.53. The van der Waals surface area contributed by atoms with Crippen LogP contribution in [0.4, 0.5) is 5.82 Å². The number of aromatic nitrogens is 2. The number of nitrogens with two attached hydrogens (primary N) is 1. The molecule has 2 rings (SSSR count). The van der Waals surface area contributed by atoms with Crippen LogP contribution in [0.25, 0.3) is 0 Å². The molecule has 20 heavy (non-hydrogen) atoms. The minimum absolute atomic E-state index is 0.0638. The standard InChI is InChI=1S/C12H12N4O3S/c13-11(17)7-1-2-9(15-5-7)14-4-3-10-16-8(6-20-10)12(18)19/h1-2,5-6H,3-4H2,(H2,13,17)(H,14,15)(H,18,19). The van der Waals surface area contributed by atoms with Crippen molar-refractivity contribution < 1.29 is 14.7 Å². The van der Waals surface area contributed by atoms with Crippen LogP contribution in [-0.2, 0) is 6.42 Å². The number of carboxylic acids is 1. The van der Waals surface area contributed by atoms with Crippen molar-refractivity contribution in [1.82, 2.24) is 9.97 Å². The van der Waals surface area contributed by atoms with E-state index in [4.69, 9.17) is 10.8 Å². The smallest absolute Gasteiger partial charge is 0.355 e. The third-order valence-electron chi connectivity index (χ3n) is 2.46. The summed E-state index contributed by atoms with van der Waals surface area (Å²) in [4.78, 5) is 29.6. The Hall–Kier alpha value is -2.48. The normalized spacial score (nSPS) is 10.2. The van der Waals surface area contributed by atoms with E-state index in [1.165, 1.54) is 22.9 Å². The molecule has 8 heteroatoms. The Kier molecular flexibility index (Phi) is 4.26. The molecule has 0 saturated carbocycles. The van der Waals surface area contributed by atoms with Gasteiger partial charge in [0.2, 0.25) is 5.91 Å². The van der Waals surface area contributed by atoms with Crippen LogP contribution in [0.5, 0.6) is 0 Å². The van der Waals surface area contributed by atoms with E-state index in [0.29, 0.717) is 24.3 Å². The van der Waals surface area contributed by atoms with Crippen LogP contribution in [0.2, 0.25) is 0 Å². The summed E-state index contributed by atoms with van der Waals surface area (Å²) >= 11 is 1.31. The van der Waals surface area contributed by atoms with Crippen LogP contribution in [0.1, 0.15) is 25.9 Å². The fraction of sp³-hybridized carbons (Fsp3) is 0.167. The van der Waals surface area contributed by atoms with Crippen LogP contribution < -0.4 is 11.1 Å². The number of anilines is 1. The zero-order valence-electron chi connectivity index (χ0n) is 10.4. The molecule has 2 heterocycles. The van der Waals surface area contributed by atoms with Gasteiger partial charge in [-0.15, -0.1) is 11.3 Å². The van der Waals surface area contributed by atoms with Gasteiger partial charge in [-0.25, -0.2) is 14.8 Å². The van der Waals surface area contributed by atoms with Gasteiger partial charge in [0.15, 0.2) is 5.69 Å². The number of nitrogens with zero attached hydrogens (tertiary/aromatic N) is 2. The summed E-state index contributed by atoms with van der Waals surface area (Å²) < 4.78 is 0. The zero-order valence-corrected chi connectivity index (χ0v) is 11.2. The highest BCUT2D eigenvalue weighted by atomic mass is 32.1. The fourth-order valence-electron chi connectivity index (χ4n) is 1.47. The van der Waals surface area contributed by atoms with Crippen LogP contribution >= 0.6 is 11.3 Å². The third kappa shape index (κ3) is 3.51. The number of aromatic carboxylic acids is 1. The van der Waals surface area contributed by atoms with E-state index >= 15 is 0 Å². The van der Waals surface area contributed by atoms with Crippen molar-refractivity contribution in [1.29, 1.82) is 0 Å². The first-order valence-corrected chi connectivity index (χ1v) is 6.61. The molecule has 0 spiro atoms. The van der Waals surface area contributed by atoms with Crippen LogP contribution in [0.3, 0.4) is 0 Å². The molecule has 0 unspecified atom stereocenters. The molecular weight excluding hydrogens is 280 g/mol. The van der Waals surface area contributed by atoms with Gasteiger partial charge >= 0.3 is 5.97 Å². The van der Waals surface area contributed by atoms with Gasteiger partial charge in [0.1, 0.15) is 5.82 Å². The van der Waals surface area contributed by atoms with Crippen LogP contribution in [0, 0.1) is 0 Å². The molecular formula is C12H12N4O3S. The lowest BCUT2D eigenvalue weighted by Gasteiger charge is -2.04. The van der Waals surface area contributed by atoms with Crippen LogP contribution in [0.15, 0.2) is 23.7 Å². The van der Waals surface area contributed by atoms with Crippen molar-refractivity contribution >= 4 is 29.0 Å². The van der Waals surface area contributed by atoms with E-state index < -0.39 is 11.9 Å². The molecule has 0 radical (unpaired) electrons. The number of carbonyl (C=O) groups is 2. The van der Waals surface area contributed by atoms with Gasteiger partial charge in [0.25, 0.3) is 0 Å². The Balaban J connectivity index is 1.85. The Morgan fingerprint density at radius 3 is 2.75 bits per heavy atom. The number of thiazole rings is 1. The van der Waals surface area contributed by atoms with Crippen molar-refractivity contribution in [3.05, 3.63) is 40.0 Å². The summed E-state index contributed by atoms with van der Waals surface area (Å²) in [5, 5.41) is 14.1. The Morgan fingerprint density at radius 1 is 1.40 bits per heavy atom. The molecule has 4 N–H and O–H groups in total. The topological polar surface area (TPSA) is 118 Å². The minimum Gasteiger partial charge on any atom is -0.476 e. The van der Waals surface area contributed by atoms with E-state index in [1.54, 1.807) is 12.1 Å². The highest BCUT2D eigenvalue weighted by molar-refractivity contribution is 7.09. The van der Waals surface area contributed by atoms with Crippen molar-refractivity contribution in [3.8, 4) is 0 Å². The Morgan fingerprint density at radius 2 is 2.20 bits per heavy atom. The zero-order chi connectivity index (χ0) is 14.5. The number of hydrogen-bond donors (Lipinski definition) is 3. The predicted octanol–water partition coefficient (Wildman–Crippen LogP) is 0.990. The van der Waals surface area contributed by atoms with Crippen LogP contribution in [-0.4, -0.2) is 33.5 Å². The lowest BCUT2D eigenvalue weighted by atomic mass is 10.3. The molecule has 0 atom stereocenters. The van der Waals surface area contributed by atoms with Gasteiger partial charge in [0, 0.05) is 24.5 Å². The molecule has 0 aliphatic carbocycles. The molecule has 0 aliphatic rings. The summed E-state index contributed by atoms with van der Waals surface area (Å²) in [6.07, 6.45) is 1.99. The number of pyridine rings is 1. The fourth-order valence-corrected chi connectivity index (χ4v) is 2.24. The summed E-state index contributed by atoms with van der Waals surface area (Å²) in [6.45, 7) is 0.565. The number of rotatable bonds is 6. The second-order valence-electron chi connectivity index (χ2n) is 3.90. The maximum atomic E-state index is 10.9.